The lowest BCUT2D eigenvalue weighted by Crippen LogP contribution is -2.23. The molecular formula is C4H5Cl2N3S. The van der Waals surface area contributed by atoms with Crippen LogP contribution in [0.25, 0.3) is 0 Å². The van der Waals surface area contributed by atoms with Crippen LogP contribution in [0.1, 0.15) is 0 Å². The minimum absolute atomic E-state index is 0.0929. The van der Waals surface area contributed by atoms with Gasteiger partial charge in [0.2, 0.25) is 0 Å². The standard InChI is InChI=1S/C4H5Cl2N3S/c5-3(6)1-2-8-9-4(7)10/h1-2H,(H3,7,9,10)/b8-2+. The van der Waals surface area contributed by atoms with Crippen LogP contribution in [0.4, 0.5) is 0 Å². The van der Waals surface area contributed by atoms with E-state index in [-0.39, 0.29) is 9.60 Å². The van der Waals surface area contributed by atoms with Crippen molar-refractivity contribution in [3.8, 4) is 0 Å². The highest BCUT2D eigenvalue weighted by molar-refractivity contribution is 7.80. The first kappa shape index (κ1) is 9.68. The van der Waals surface area contributed by atoms with Gasteiger partial charge in [0.25, 0.3) is 0 Å². The molecule has 3 N–H and O–H groups in total. The van der Waals surface area contributed by atoms with Crippen LogP contribution in [-0.2, 0) is 0 Å². The summed E-state index contributed by atoms with van der Waals surface area (Å²) in [7, 11) is 0. The van der Waals surface area contributed by atoms with Crippen LogP contribution in [0.2, 0.25) is 0 Å². The largest absolute Gasteiger partial charge is 0.375 e. The van der Waals surface area contributed by atoms with Gasteiger partial charge in [0, 0.05) is 6.21 Å². The lowest BCUT2D eigenvalue weighted by Gasteiger charge is -1.89. The highest BCUT2D eigenvalue weighted by atomic mass is 35.5. The predicted molar refractivity (Wildman–Crippen MR) is 48.2 cm³/mol. The number of hydrogen-bond donors (Lipinski definition) is 2. The Morgan fingerprint density at radius 2 is 2.20 bits per heavy atom. The summed E-state index contributed by atoms with van der Waals surface area (Å²) in [6.07, 6.45) is 2.73. The van der Waals surface area contributed by atoms with E-state index >= 15 is 0 Å². The van der Waals surface area contributed by atoms with Crippen molar-refractivity contribution < 1.29 is 0 Å². The Hall–Kier alpha value is -0.320. The van der Waals surface area contributed by atoms with Gasteiger partial charge in [-0.05, 0) is 18.3 Å². The molecule has 0 aliphatic heterocycles. The van der Waals surface area contributed by atoms with Gasteiger partial charge in [0.05, 0.1) is 0 Å². The molecule has 0 aliphatic rings. The Balaban J connectivity index is 3.58. The fourth-order valence-electron chi connectivity index (χ4n) is 0.194. The van der Waals surface area contributed by atoms with Crippen LogP contribution in [0.3, 0.4) is 0 Å². The molecule has 0 aromatic carbocycles. The second-order valence-corrected chi connectivity index (χ2v) is 2.66. The van der Waals surface area contributed by atoms with Crippen molar-refractivity contribution in [2.75, 3.05) is 0 Å². The number of halogens is 2. The molecule has 0 aliphatic carbocycles. The Morgan fingerprint density at radius 3 is 2.60 bits per heavy atom. The molecule has 0 heterocycles. The second-order valence-electron chi connectivity index (χ2n) is 1.21. The van der Waals surface area contributed by atoms with E-state index in [0.29, 0.717) is 0 Å². The van der Waals surface area contributed by atoms with Gasteiger partial charge in [0.15, 0.2) is 5.11 Å². The lowest BCUT2D eigenvalue weighted by molar-refractivity contribution is 1.04. The molecule has 0 aromatic heterocycles. The summed E-state index contributed by atoms with van der Waals surface area (Å²) in [5, 5.41) is 3.62. The summed E-state index contributed by atoms with van der Waals surface area (Å²) in [4.78, 5) is 0. The molecule has 0 saturated carbocycles. The number of nitrogens with one attached hydrogen (secondary N) is 1. The molecule has 0 spiro atoms. The summed E-state index contributed by atoms with van der Waals surface area (Å²) in [6.45, 7) is 0. The number of nitrogens with two attached hydrogens (primary N) is 1. The maximum Gasteiger partial charge on any atom is 0.184 e. The molecule has 0 bridgehead atoms. The predicted octanol–water partition coefficient (Wildman–Crippen LogP) is 1.12. The SMILES string of the molecule is NC(=S)N/N=C/C=C(Cl)Cl. The van der Waals surface area contributed by atoms with Crippen molar-refractivity contribution in [2.24, 2.45) is 10.8 Å². The van der Waals surface area contributed by atoms with Gasteiger partial charge < -0.3 is 5.73 Å². The average molecular weight is 198 g/mol. The first-order valence-corrected chi connectivity index (χ1v) is 3.39. The van der Waals surface area contributed by atoms with Crippen molar-refractivity contribution in [3.05, 3.63) is 10.6 Å². The second kappa shape index (κ2) is 5.46. The van der Waals surface area contributed by atoms with Crippen molar-refractivity contribution in [2.45, 2.75) is 0 Å². The minimum Gasteiger partial charge on any atom is -0.375 e. The zero-order valence-corrected chi connectivity index (χ0v) is 7.17. The maximum absolute atomic E-state index is 5.24. The average Bonchev–Trinajstić information content (AvgIpc) is 1.79. The number of rotatable bonds is 2. The zero-order valence-electron chi connectivity index (χ0n) is 4.84. The molecule has 6 heteroatoms. The van der Waals surface area contributed by atoms with Gasteiger partial charge in [0.1, 0.15) is 4.49 Å². The smallest absolute Gasteiger partial charge is 0.184 e. The quantitative estimate of drug-likeness (QED) is 0.397. The van der Waals surface area contributed by atoms with E-state index in [1.807, 2.05) is 0 Å². The van der Waals surface area contributed by atoms with E-state index in [0.717, 1.165) is 0 Å². The van der Waals surface area contributed by atoms with Crippen LogP contribution < -0.4 is 11.2 Å². The third-order valence-electron chi connectivity index (χ3n) is 0.450. The van der Waals surface area contributed by atoms with Gasteiger partial charge in [-0.15, -0.1) is 0 Å². The van der Waals surface area contributed by atoms with Crippen LogP contribution in [0.15, 0.2) is 15.7 Å². The van der Waals surface area contributed by atoms with E-state index in [9.17, 15) is 0 Å². The number of allylic oxidation sites excluding steroid dienone is 1. The number of nitrogens with zero attached hydrogens (tertiary/aromatic N) is 1. The summed E-state index contributed by atoms with van der Waals surface area (Å²) in [5.41, 5.74) is 7.35. The Bertz CT molecular complexity index is 173. The van der Waals surface area contributed by atoms with E-state index in [4.69, 9.17) is 28.9 Å². The molecule has 0 aromatic rings. The Labute approximate surface area is 73.9 Å². The maximum atomic E-state index is 5.24. The van der Waals surface area contributed by atoms with E-state index in [1.165, 1.54) is 12.3 Å². The first-order chi connectivity index (χ1) is 4.63. The normalized spacial score (nSPS) is 9.40. The third kappa shape index (κ3) is 7.68. The van der Waals surface area contributed by atoms with Crippen LogP contribution >= 0.6 is 35.4 Å². The van der Waals surface area contributed by atoms with Crippen LogP contribution in [0, 0.1) is 0 Å². The summed E-state index contributed by atoms with van der Waals surface area (Å²) >= 11 is 14.9. The van der Waals surface area contributed by atoms with Crippen LogP contribution in [-0.4, -0.2) is 11.3 Å². The fourth-order valence-corrected chi connectivity index (χ4v) is 0.360. The third-order valence-corrected chi connectivity index (χ3v) is 0.793. The lowest BCUT2D eigenvalue weighted by atomic mass is 10.7. The number of hydrogen-bond acceptors (Lipinski definition) is 2. The van der Waals surface area contributed by atoms with Crippen molar-refractivity contribution in [1.82, 2.24) is 5.43 Å². The molecule has 3 nitrogen and oxygen atoms in total. The van der Waals surface area contributed by atoms with E-state index in [2.05, 4.69) is 22.7 Å². The molecule has 0 fully saturated rings. The van der Waals surface area contributed by atoms with E-state index in [1.54, 1.807) is 0 Å². The van der Waals surface area contributed by atoms with Crippen molar-refractivity contribution >= 4 is 46.7 Å². The molecule has 0 saturated heterocycles. The van der Waals surface area contributed by atoms with Gasteiger partial charge in [-0.1, -0.05) is 23.2 Å². The Morgan fingerprint density at radius 1 is 1.60 bits per heavy atom. The summed E-state index contributed by atoms with van der Waals surface area (Å²) < 4.78 is 0.119. The molecule has 0 atom stereocenters. The first-order valence-electron chi connectivity index (χ1n) is 2.22. The van der Waals surface area contributed by atoms with Crippen LogP contribution in [0.5, 0.6) is 0 Å². The van der Waals surface area contributed by atoms with Gasteiger partial charge in [-0.3, -0.25) is 5.43 Å². The van der Waals surface area contributed by atoms with Gasteiger partial charge in [-0.2, -0.15) is 5.10 Å². The molecule has 0 radical (unpaired) electrons. The fraction of sp³-hybridized carbons (Fsp3) is 0. The highest BCUT2D eigenvalue weighted by Crippen LogP contribution is 2.03. The monoisotopic (exact) mass is 197 g/mol. The molecule has 56 valence electrons. The Kier molecular flexibility index (Phi) is 5.29. The van der Waals surface area contributed by atoms with Gasteiger partial charge in [-0.25, -0.2) is 0 Å². The van der Waals surface area contributed by atoms with E-state index < -0.39 is 0 Å². The molecular weight excluding hydrogens is 193 g/mol. The topological polar surface area (TPSA) is 50.4 Å². The highest BCUT2D eigenvalue weighted by Gasteiger charge is 1.78. The van der Waals surface area contributed by atoms with Gasteiger partial charge >= 0.3 is 0 Å². The van der Waals surface area contributed by atoms with Crippen molar-refractivity contribution in [1.29, 1.82) is 0 Å². The molecule has 0 rings (SSSR count). The summed E-state index contributed by atoms with van der Waals surface area (Å²) in [5.74, 6) is 0. The number of thiocarbonyl (C=S) groups is 1. The zero-order chi connectivity index (χ0) is 7.98. The molecule has 0 unspecified atom stereocenters. The molecule has 10 heavy (non-hydrogen) atoms. The number of hydrazone groups is 1. The van der Waals surface area contributed by atoms with Crippen molar-refractivity contribution in [3.63, 3.8) is 0 Å². The minimum atomic E-state index is 0.0929. The summed E-state index contributed by atoms with van der Waals surface area (Å²) in [6, 6.07) is 0. The molecule has 0 amide bonds.